The van der Waals surface area contributed by atoms with E-state index in [1.165, 1.54) is 17.5 Å². The van der Waals surface area contributed by atoms with Gasteiger partial charge in [-0.2, -0.15) is 0 Å². The smallest absolute Gasteiger partial charge is 0.130 e. The third-order valence-electron chi connectivity index (χ3n) is 4.35. The second-order valence-corrected chi connectivity index (χ2v) is 5.99. The third-order valence-corrected chi connectivity index (χ3v) is 4.35. The molecule has 0 bridgehead atoms. The first-order valence-corrected chi connectivity index (χ1v) is 8.02. The number of nitrogens with zero attached hydrogens (tertiary/aromatic N) is 2. The molecule has 1 atom stereocenters. The van der Waals surface area contributed by atoms with E-state index in [0.717, 1.165) is 35.7 Å². The van der Waals surface area contributed by atoms with E-state index < -0.39 is 0 Å². The molecule has 1 N–H and O–H groups in total. The highest BCUT2D eigenvalue weighted by molar-refractivity contribution is 5.61. The van der Waals surface area contributed by atoms with Gasteiger partial charge in [-0.15, -0.1) is 0 Å². The Labute approximate surface area is 135 Å². The Bertz CT molecular complexity index is 811. The molecule has 0 aliphatic heterocycles. The highest BCUT2D eigenvalue weighted by Gasteiger charge is 2.20. The molecule has 3 aromatic rings. The topological polar surface area (TPSA) is 51.0 Å². The van der Waals surface area contributed by atoms with Crippen molar-refractivity contribution in [2.45, 2.75) is 32.2 Å². The van der Waals surface area contributed by atoms with Crippen molar-refractivity contribution < 1.29 is 4.42 Å². The van der Waals surface area contributed by atoms with Crippen LogP contribution in [0.4, 0.5) is 5.82 Å². The van der Waals surface area contributed by atoms with Crippen LogP contribution >= 0.6 is 0 Å². The van der Waals surface area contributed by atoms with Gasteiger partial charge >= 0.3 is 0 Å². The summed E-state index contributed by atoms with van der Waals surface area (Å²) in [7, 11) is 0. The fourth-order valence-electron chi connectivity index (χ4n) is 3.28. The fraction of sp³-hybridized carbons (Fsp3) is 0.263. The molecule has 4 heteroatoms. The zero-order valence-electron chi connectivity index (χ0n) is 13.1. The minimum Gasteiger partial charge on any atom is -0.472 e. The molecule has 0 saturated heterocycles. The summed E-state index contributed by atoms with van der Waals surface area (Å²) in [6.45, 7) is 1.92. The quantitative estimate of drug-likeness (QED) is 0.772. The lowest BCUT2D eigenvalue weighted by atomic mass is 9.88. The molecule has 1 aliphatic carbocycles. The predicted molar refractivity (Wildman–Crippen MR) is 90.2 cm³/mol. The molecule has 0 radical (unpaired) electrons. The maximum Gasteiger partial charge on any atom is 0.130 e. The molecule has 0 spiro atoms. The van der Waals surface area contributed by atoms with Gasteiger partial charge in [-0.1, -0.05) is 24.3 Å². The van der Waals surface area contributed by atoms with Gasteiger partial charge in [0.1, 0.15) is 11.6 Å². The Morgan fingerprint density at radius 2 is 2.09 bits per heavy atom. The van der Waals surface area contributed by atoms with Gasteiger partial charge < -0.3 is 9.73 Å². The van der Waals surface area contributed by atoms with Crippen LogP contribution in [0.2, 0.25) is 0 Å². The molecule has 23 heavy (non-hydrogen) atoms. The summed E-state index contributed by atoms with van der Waals surface area (Å²) in [4.78, 5) is 9.06. The highest BCUT2D eigenvalue weighted by atomic mass is 16.3. The average Bonchev–Trinajstić information content (AvgIpc) is 3.09. The van der Waals surface area contributed by atoms with Gasteiger partial charge in [-0.3, -0.25) is 0 Å². The molecule has 4 rings (SSSR count). The van der Waals surface area contributed by atoms with E-state index in [1.54, 1.807) is 12.5 Å². The number of benzene rings is 1. The lowest BCUT2D eigenvalue weighted by Crippen LogP contribution is -2.18. The molecule has 0 fully saturated rings. The first-order valence-electron chi connectivity index (χ1n) is 8.02. The van der Waals surface area contributed by atoms with Crippen LogP contribution in [0.1, 0.15) is 35.8 Å². The molecule has 2 heterocycles. The van der Waals surface area contributed by atoms with Gasteiger partial charge in [0.2, 0.25) is 0 Å². The van der Waals surface area contributed by atoms with Crippen LogP contribution in [0.3, 0.4) is 0 Å². The van der Waals surface area contributed by atoms with E-state index in [4.69, 9.17) is 4.42 Å². The second-order valence-electron chi connectivity index (χ2n) is 5.99. The van der Waals surface area contributed by atoms with Crippen molar-refractivity contribution in [1.29, 1.82) is 0 Å². The van der Waals surface area contributed by atoms with Gasteiger partial charge in [0.15, 0.2) is 0 Å². The van der Waals surface area contributed by atoms with E-state index in [0.29, 0.717) is 6.04 Å². The molecular weight excluding hydrogens is 286 g/mol. The number of nitrogens with one attached hydrogen (secondary N) is 1. The van der Waals surface area contributed by atoms with Crippen molar-refractivity contribution in [1.82, 2.24) is 9.97 Å². The normalized spacial score (nSPS) is 16.8. The van der Waals surface area contributed by atoms with E-state index in [-0.39, 0.29) is 0 Å². The number of aryl methyl sites for hydroxylation is 2. The Balaban J connectivity index is 1.65. The minimum absolute atomic E-state index is 0.312. The number of fused-ring (bicyclic) bond motifs is 1. The largest absolute Gasteiger partial charge is 0.472 e. The summed E-state index contributed by atoms with van der Waals surface area (Å²) in [5, 5.41) is 3.60. The Hall–Kier alpha value is -2.62. The standard InChI is InChI=1S/C19H19N3O/c1-13-20-18(15-9-10-23-12-15)11-19(21-13)22-17-8-4-6-14-5-2-3-7-16(14)17/h2-3,5,7,9-12,17H,4,6,8H2,1H3,(H,20,21,22). The van der Waals surface area contributed by atoms with Gasteiger partial charge in [-0.25, -0.2) is 9.97 Å². The third kappa shape index (κ3) is 2.84. The monoisotopic (exact) mass is 305 g/mol. The van der Waals surface area contributed by atoms with Crippen molar-refractivity contribution >= 4 is 5.82 Å². The predicted octanol–water partition coefficient (Wildman–Crippen LogP) is 4.53. The van der Waals surface area contributed by atoms with E-state index in [9.17, 15) is 0 Å². The van der Waals surface area contributed by atoms with Crippen molar-refractivity contribution in [2.24, 2.45) is 0 Å². The first-order chi connectivity index (χ1) is 11.3. The van der Waals surface area contributed by atoms with Gasteiger partial charge in [0.25, 0.3) is 0 Å². The molecule has 0 amide bonds. The zero-order valence-corrected chi connectivity index (χ0v) is 13.1. The van der Waals surface area contributed by atoms with Crippen LogP contribution in [0, 0.1) is 6.92 Å². The van der Waals surface area contributed by atoms with Crippen LogP contribution < -0.4 is 5.32 Å². The highest BCUT2D eigenvalue weighted by Crippen LogP contribution is 2.32. The van der Waals surface area contributed by atoms with Gasteiger partial charge in [0, 0.05) is 11.6 Å². The van der Waals surface area contributed by atoms with E-state index in [2.05, 4.69) is 39.6 Å². The summed E-state index contributed by atoms with van der Waals surface area (Å²) in [5.74, 6) is 1.63. The van der Waals surface area contributed by atoms with E-state index >= 15 is 0 Å². The van der Waals surface area contributed by atoms with Crippen LogP contribution in [0.25, 0.3) is 11.3 Å². The maximum atomic E-state index is 5.16. The molecule has 2 aromatic heterocycles. The molecule has 116 valence electrons. The summed E-state index contributed by atoms with van der Waals surface area (Å²) < 4.78 is 5.16. The SMILES string of the molecule is Cc1nc(NC2CCCc3ccccc32)cc(-c2ccoc2)n1. The summed E-state index contributed by atoms with van der Waals surface area (Å²) in [5.41, 5.74) is 4.69. The fourth-order valence-corrected chi connectivity index (χ4v) is 3.28. The van der Waals surface area contributed by atoms with Crippen LogP contribution in [-0.2, 0) is 6.42 Å². The Morgan fingerprint density at radius 1 is 1.17 bits per heavy atom. The summed E-state index contributed by atoms with van der Waals surface area (Å²) in [6.07, 6.45) is 6.87. The van der Waals surface area contributed by atoms with Crippen molar-refractivity contribution in [2.75, 3.05) is 5.32 Å². The second kappa shape index (κ2) is 5.88. The lowest BCUT2D eigenvalue weighted by molar-refractivity contribution is 0.568. The van der Waals surface area contributed by atoms with Crippen LogP contribution in [0.5, 0.6) is 0 Å². The lowest BCUT2D eigenvalue weighted by Gasteiger charge is -2.27. The number of furan rings is 1. The van der Waals surface area contributed by atoms with Crippen molar-refractivity contribution in [3.05, 3.63) is 65.9 Å². The first kappa shape index (κ1) is 14.0. The summed E-state index contributed by atoms with van der Waals surface area (Å²) in [6, 6.07) is 12.9. The number of rotatable bonds is 3. The van der Waals surface area contributed by atoms with E-state index in [1.807, 2.05) is 19.1 Å². The molecule has 1 aliphatic rings. The number of hydrogen-bond acceptors (Lipinski definition) is 4. The van der Waals surface area contributed by atoms with Crippen molar-refractivity contribution in [3.63, 3.8) is 0 Å². The number of hydrogen-bond donors (Lipinski definition) is 1. The van der Waals surface area contributed by atoms with Crippen LogP contribution in [0.15, 0.2) is 53.3 Å². The maximum absolute atomic E-state index is 5.16. The number of aromatic nitrogens is 2. The molecule has 0 saturated carbocycles. The van der Waals surface area contributed by atoms with Crippen molar-refractivity contribution in [3.8, 4) is 11.3 Å². The van der Waals surface area contributed by atoms with Gasteiger partial charge in [0.05, 0.1) is 24.3 Å². The Kier molecular flexibility index (Phi) is 3.58. The molecule has 1 unspecified atom stereocenters. The Morgan fingerprint density at radius 3 is 2.96 bits per heavy atom. The zero-order chi connectivity index (χ0) is 15.6. The minimum atomic E-state index is 0.312. The number of anilines is 1. The molecule has 1 aromatic carbocycles. The molecular formula is C19H19N3O. The molecule has 4 nitrogen and oxygen atoms in total. The van der Waals surface area contributed by atoms with Gasteiger partial charge in [-0.05, 0) is 43.4 Å². The summed E-state index contributed by atoms with van der Waals surface area (Å²) >= 11 is 0. The average molecular weight is 305 g/mol. The van der Waals surface area contributed by atoms with Crippen LogP contribution in [-0.4, -0.2) is 9.97 Å².